The van der Waals surface area contributed by atoms with Crippen LogP contribution in [0.3, 0.4) is 0 Å². The minimum atomic E-state index is -0.366. The molecule has 1 atom stereocenters. The Balaban J connectivity index is 1.54. The predicted molar refractivity (Wildman–Crippen MR) is 117 cm³/mol. The third kappa shape index (κ3) is 4.63. The first-order valence-electron chi connectivity index (χ1n) is 10.4. The molecular weight excluding hydrogens is 400 g/mol. The smallest absolute Gasteiger partial charge is 0.337 e. The maximum absolute atomic E-state index is 13.0. The number of hydrogen-bond acceptors (Lipinski definition) is 6. The number of carbonyl (C=O) groups excluding carboxylic acids is 2. The van der Waals surface area contributed by atoms with Crippen LogP contribution in [0.5, 0.6) is 0 Å². The second kappa shape index (κ2) is 9.53. The number of nitrogens with one attached hydrogen (secondary N) is 1. The maximum Gasteiger partial charge on any atom is 0.337 e. The van der Waals surface area contributed by atoms with Gasteiger partial charge in [0.2, 0.25) is 0 Å². The van der Waals surface area contributed by atoms with E-state index in [1.165, 1.54) is 12.0 Å². The predicted octanol–water partition coefficient (Wildman–Crippen LogP) is 4.07. The topological polar surface area (TPSA) is 77.0 Å². The van der Waals surface area contributed by atoms with E-state index in [-0.39, 0.29) is 18.0 Å². The monoisotopic (exact) mass is 426 g/mol. The molecule has 1 saturated heterocycles. The summed E-state index contributed by atoms with van der Waals surface area (Å²) in [6.07, 6.45) is 8.11. The second-order valence-electron chi connectivity index (χ2n) is 7.61. The number of aryl methyl sites for hydroxylation is 1. The molecule has 1 aromatic heterocycles. The van der Waals surface area contributed by atoms with Crippen molar-refractivity contribution < 1.29 is 19.1 Å². The highest BCUT2D eigenvalue weighted by atomic mass is 32.1. The third-order valence-electron chi connectivity index (χ3n) is 5.56. The van der Waals surface area contributed by atoms with E-state index in [1.807, 2.05) is 12.1 Å². The maximum atomic E-state index is 13.0. The van der Waals surface area contributed by atoms with Gasteiger partial charge in [0.05, 0.1) is 24.3 Å². The van der Waals surface area contributed by atoms with Crippen LogP contribution in [0.25, 0.3) is 0 Å². The zero-order valence-corrected chi connectivity index (χ0v) is 17.9. The van der Waals surface area contributed by atoms with E-state index in [9.17, 15) is 9.59 Å². The van der Waals surface area contributed by atoms with E-state index in [1.54, 1.807) is 29.7 Å². The highest BCUT2D eigenvalue weighted by Gasteiger charge is 2.26. The zero-order chi connectivity index (χ0) is 20.9. The van der Waals surface area contributed by atoms with Gasteiger partial charge in [-0.3, -0.25) is 4.79 Å². The Morgan fingerprint density at radius 3 is 2.77 bits per heavy atom. The fraction of sp³-hybridized carbons (Fsp3) is 0.435. The number of rotatable bonds is 6. The number of thiophene rings is 1. The summed E-state index contributed by atoms with van der Waals surface area (Å²) < 4.78 is 10.4. The fourth-order valence-electron chi connectivity index (χ4n) is 3.93. The summed E-state index contributed by atoms with van der Waals surface area (Å²) in [6.45, 7) is 1.32. The molecule has 1 aliphatic heterocycles. The van der Waals surface area contributed by atoms with Crippen LogP contribution in [0.4, 0.5) is 5.00 Å². The van der Waals surface area contributed by atoms with Gasteiger partial charge in [0, 0.05) is 24.2 Å². The van der Waals surface area contributed by atoms with Gasteiger partial charge in [0.15, 0.2) is 0 Å². The van der Waals surface area contributed by atoms with Crippen LogP contribution in [0.2, 0.25) is 0 Å². The number of benzene rings is 1. The Labute approximate surface area is 180 Å². The third-order valence-corrected chi connectivity index (χ3v) is 6.76. The number of carbonyl (C=O) groups is 2. The second-order valence-corrected chi connectivity index (χ2v) is 8.69. The van der Waals surface area contributed by atoms with Gasteiger partial charge in [-0.1, -0.05) is 12.1 Å². The molecule has 2 aliphatic rings. The van der Waals surface area contributed by atoms with E-state index >= 15 is 0 Å². The number of hydrogen-bond donors (Lipinski definition) is 1. The van der Waals surface area contributed by atoms with E-state index in [2.05, 4.69) is 10.3 Å². The van der Waals surface area contributed by atoms with Crippen molar-refractivity contribution in [2.24, 2.45) is 4.99 Å². The van der Waals surface area contributed by atoms with Crippen LogP contribution < -0.4 is 5.32 Å². The lowest BCUT2D eigenvalue weighted by atomic mass is 9.95. The van der Waals surface area contributed by atoms with Crippen LogP contribution in [-0.4, -0.2) is 44.5 Å². The van der Waals surface area contributed by atoms with Gasteiger partial charge in [-0.25, -0.2) is 9.79 Å². The highest BCUT2D eigenvalue weighted by Crippen LogP contribution is 2.39. The van der Waals surface area contributed by atoms with Gasteiger partial charge >= 0.3 is 5.97 Å². The molecule has 0 spiro atoms. The first-order chi connectivity index (χ1) is 14.7. The number of amides is 1. The Morgan fingerprint density at radius 1 is 1.23 bits per heavy atom. The summed E-state index contributed by atoms with van der Waals surface area (Å²) in [4.78, 5) is 30.6. The largest absolute Gasteiger partial charge is 0.465 e. The van der Waals surface area contributed by atoms with Gasteiger partial charge in [-0.2, -0.15) is 0 Å². The molecule has 0 saturated carbocycles. The minimum absolute atomic E-state index is 0.0573. The standard InChI is InChI=1S/C23H26N2O4S/c1-28-23(27)16-10-8-15(9-11-16)13-25-22-20(18-6-2-3-7-19(18)30-22)21(26)24-14-17-5-4-12-29-17/h8-11,13,17H,2-7,12,14H2,1H3,(H,24,26). The summed E-state index contributed by atoms with van der Waals surface area (Å²) in [6, 6.07) is 7.06. The van der Waals surface area contributed by atoms with Gasteiger partial charge in [-0.05, 0) is 61.8 Å². The van der Waals surface area contributed by atoms with Crippen LogP contribution in [0, 0.1) is 0 Å². The molecule has 0 bridgehead atoms. The van der Waals surface area contributed by atoms with Crippen LogP contribution in [-0.2, 0) is 22.3 Å². The van der Waals surface area contributed by atoms with Crippen molar-refractivity contribution >= 4 is 34.4 Å². The van der Waals surface area contributed by atoms with E-state index in [0.717, 1.165) is 66.8 Å². The quantitative estimate of drug-likeness (QED) is 0.558. The summed E-state index contributed by atoms with van der Waals surface area (Å²) in [7, 11) is 1.36. The number of fused-ring (bicyclic) bond motifs is 1. The van der Waals surface area contributed by atoms with Crippen molar-refractivity contribution in [3.8, 4) is 0 Å². The fourth-order valence-corrected chi connectivity index (χ4v) is 5.16. The van der Waals surface area contributed by atoms with Crippen molar-refractivity contribution in [1.82, 2.24) is 5.32 Å². The summed E-state index contributed by atoms with van der Waals surface area (Å²) >= 11 is 1.62. The molecule has 1 N–H and O–H groups in total. The normalized spacial score (nSPS) is 18.4. The zero-order valence-electron chi connectivity index (χ0n) is 17.1. The number of methoxy groups -OCH3 is 1. The van der Waals surface area contributed by atoms with E-state index in [4.69, 9.17) is 9.47 Å². The van der Waals surface area contributed by atoms with Gasteiger partial charge in [0.25, 0.3) is 5.91 Å². The highest BCUT2D eigenvalue weighted by molar-refractivity contribution is 7.16. The average molecular weight is 427 g/mol. The molecule has 1 aromatic carbocycles. The lowest BCUT2D eigenvalue weighted by Crippen LogP contribution is -2.32. The van der Waals surface area contributed by atoms with Crippen molar-refractivity contribution in [2.45, 2.75) is 44.6 Å². The molecule has 1 fully saturated rings. The molecule has 30 heavy (non-hydrogen) atoms. The molecule has 6 nitrogen and oxygen atoms in total. The first kappa shape index (κ1) is 20.8. The summed E-state index contributed by atoms with van der Waals surface area (Å²) in [5.74, 6) is -0.423. The molecular formula is C23H26N2O4S. The molecule has 158 valence electrons. The summed E-state index contributed by atoms with van der Waals surface area (Å²) in [5.41, 5.74) is 3.23. The van der Waals surface area contributed by atoms with Gasteiger partial charge in [0.1, 0.15) is 5.00 Å². The van der Waals surface area contributed by atoms with Gasteiger partial charge in [-0.15, -0.1) is 11.3 Å². The Kier molecular flexibility index (Phi) is 6.59. The molecule has 1 unspecified atom stereocenters. The molecule has 4 rings (SSSR count). The number of aliphatic imine (C=N–C) groups is 1. The molecule has 1 aliphatic carbocycles. The van der Waals surface area contributed by atoms with E-state index in [0.29, 0.717) is 12.1 Å². The number of ether oxygens (including phenoxy) is 2. The number of esters is 1. The van der Waals surface area contributed by atoms with Crippen LogP contribution in [0.15, 0.2) is 29.3 Å². The van der Waals surface area contributed by atoms with Crippen molar-refractivity contribution in [3.05, 3.63) is 51.4 Å². The molecule has 7 heteroatoms. The first-order valence-corrected chi connectivity index (χ1v) is 11.2. The Morgan fingerprint density at radius 2 is 2.03 bits per heavy atom. The SMILES string of the molecule is COC(=O)c1ccc(C=Nc2sc3c(c2C(=O)NCC2CCCO2)CCCC3)cc1. The average Bonchev–Trinajstić information content (AvgIpc) is 3.43. The van der Waals surface area contributed by atoms with E-state index < -0.39 is 0 Å². The lowest BCUT2D eigenvalue weighted by Gasteiger charge is -2.14. The molecule has 1 amide bonds. The van der Waals surface area contributed by atoms with Gasteiger partial charge < -0.3 is 14.8 Å². The van der Waals surface area contributed by atoms with Crippen molar-refractivity contribution in [2.75, 3.05) is 20.3 Å². The molecule has 2 heterocycles. The van der Waals surface area contributed by atoms with Crippen molar-refractivity contribution in [1.29, 1.82) is 0 Å². The summed E-state index contributed by atoms with van der Waals surface area (Å²) in [5, 5.41) is 3.81. The molecule has 0 radical (unpaired) electrons. The van der Waals surface area contributed by atoms with Crippen LogP contribution >= 0.6 is 11.3 Å². The minimum Gasteiger partial charge on any atom is -0.465 e. The Bertz CT molecular complexity index is 943. The van der Waals surface area contributed by atoms with Crippen LogP contribution in [0.1, 0.15) is 62.4 Å². The van der Waals surface area contributed by atoms with Crippen molar-refractivity contribution in [3.63, 3.8) is 0 Å². The molecule has 2 aromatic rings. The lowest BCUT2D eigenvalue weighted by molar-refractivity contribution is 0.0600. The Hall–Kier alpha value is -2.51. The number of nitrogens with zero attached hydrogens (tertiary/aromatic N) is 1.